The van der Waals surface area contributed by atoms with Crippen LogP contribution >= 0.6 is 0 Å². The Labute approximate surface area is 59.8 Å². The van der Waals surface area contributed by atoms with Crippen LogP contribution in [0.25, 0.3) is 0 Å². The van der Waals surface area contributed by atoms with Gasteiger partial charge in [-0.05, 0) is 18.8 Å². The number of rotatable bonds is 3. The molecule has 0 aliphatic heterocycles. The van der Waals surface area contributed by atoms with Crippen molar-refractivity contribution in [1.29, 1.82) is 0 Å². The van der Waals surface area contributed by atoms with Gasteiger partial charge in [0.1, 0.15) is 0 Å². The van der Waals surface area contributed by atoms with Crippen molar-refractivity contribution in [3.8, 4) is 0 Å². The minimum atomic E-state index is -2.20. The van der Waals surface area contributed by atoms with E-state index in [1.54, 1.807) is 0 Å². The van der Waals surface area contributed by atoms with E-state index >= 15 is 0 Å². The van der Waals surface area contributed by atoms with Crippen molar-refractivity contribution in [1.82, 2.24) is 5.32 Å². The van der Waals surface area contributed by atoms with Crippen LogP contribution in [0, 0.1) is 5.92 Å². The fourth-order valence-corrected chi connectivity index (χ4v) is 1.32. The van der Waals surface area contributed by atoms with Gasteiger partial charge in [0.15, 0.2) is 0 Å². The van der Waals surface area contributed by atoms with Crippen molar-refractivity contribution < 1.29 is 8.78 Å². The van der Waals surface area contributed by atoms with Crippen LogP contribution < -0.4 is 5.32 Å². The number of halogens is 2. The molecule has 0 saturated heterocycles. The van der Waals surface area contributed by atoms with Crippen LogP contribution in [-0.2, 0) is 0 Å². The second-order valence-corrected chi connectivity index (χ2v) is 3.07. The molecule has 0 spiro atoms. The van der Waals surface area contributed by atoms with Gasteiger partial charge in [-0.25, -0.2) is 8.78 Å². The minimum Gasteiger partial charge on any atom is -0.309 e. The van der Waals surface area contributed by atoms with Crippen molar-refractivity contribution >= 4 is 0 Å². The molecular formula is C7H13F2N. The zero-order chi connectivity index (χ0) is 7.56. The van der Waals surface area contributed by atoms with Gasteiger partial charge >= 0.3 is 0 Å². The molecule has 1 nitrogen and oxygen atoms in total. The van der Waals surface area contributed by atoms with Crippen molar-refractivity contribution in [2.24, 2.45) is 5.92 Å². The van der Waals surface area contributed by atoms with Crippen LogP contribution in [0.15, 0.2) is 0 Å². The second-order valence-electron chi connectivity index (χ2n) is 3.07. The smallest absolute Gasteiger partial charge is 0.250 e. The summed E-state index contributed by atoms with van der Waals surface area (Å²) >= 11 is 0. The Morgan fingerprint density at radius 3 is 2.50 bits per heavy atom. The molecule has 1 N–H and O–H groups in total. The van der Waals surface area contributed by atoms with Gasteiger partial charge in [0.2, 0.25) is 0 Å². The van der Waals surface area contributed by atoms with Gasteiger partial charge in [-0.1, -0.05) is 6.92 Å². The maximum atomic E-state index is 11.6. The molecule has 1 aliphatic carbocycles. The van der Waals surface area contributed by atoms with Crippen molar-refractivity contribution in [2.75, 3.05) is 6.54 Å². The van der Waals surface area contributed by atoms with Crippen LogP contribution in [0.2, 0.25) is 0 Å². The molecule has 60 valence electrons. The molecule has 1 fully saturated rings. The molecule has 1 saturated carbocycles. The predicted octanol–water partition coefficient (Wildman–Crippen LogP) is 1.64. The highest BCUT2D eigenvalue weighted by Crippen LogP contribution is 2.26. The lowest BCUT2D eigenvalue weighted by molar-refractivity contribution is 0.125. The average molecular weight is 149 g/mol. The van der Waals surface area contributed by atoms with E-state index < -0.39 is 6.43 Å². The largest absolute Gasteiger partial charge is 0.309 e. The first-order valence-electron chi connectivity index (χ1n) is 3.70. The van der Waals surface area contributed by atoms with E-state index in [2.05, 4.69) is 12.2 Å². The number of hydrogen-bond acceptors (Lipinski definition) is 1. The van der Waals surface area contributed by atoms with Gasteiger partial charge in [-0.15, -0.1) is 0 Å². The maximum absolute atomic E-state index is 11.6. The molecule has 0 aromatic heterocycles. The fraction of sp³-hybridized carbons (Fsp3) is 1.00. The molecule has 0 amide bonds. The summed E-state index contributed by atoms with van der Waals surface area (Å²) in [6, 6.07) is 0.365. The lowest BCUT2D eigenvalue weighted by Gasteiger charge is -2.33. The lowest BCUT2D eigenvalue weighted by atomic mass is 9.82. The fourth-order valence-electron chi connectivity index (χ4n) is 1.32. The van der Waals surface area contributed by atoms with Gasteiger partial charge in [-0.2, -0.15) is 0 Å². The van der Waals surface area contributed by atoms with Gasteiger partial charge in [0.05, 0.1) is 6.54 Å². The highest BCUT2D eigenvalue weighted by atomic mass is 19.3. The zero-order valence-corrected chi connectivity index (χ0v) is 6.11. The molecule has 0 atom stereocenters. The molecule has 3 heteroatoms. The third kappa shape index (κ3) is 2.21. The number of hydrogen-bond donors (Lipinski definition) is 1. The first-order valence-corrected chi connectivity index (χ1v) is 3.70. The van der Waals surface area contributed by atoms with Crippen molar-refractivity contribution in [3.05, 3.63) is 0 Å². The zero-order valence-electron chi connectivity index (χ0n) is 6.11. The molecule has 0 unspecified atom stereocenters. The van der Waals surface area contributed by atoms with Crippen LogP contribution in [0.1, 0.15) is 19.8 Å². The van der Waals surface area contributed by atoms with Gasteiger partial charge in [0, 0.05) is 6.04 Å². The highest BCUT2D eigenvalue weighted by Gasteiger charge is 2.24. The Bertz CT molecular complexity index is 99.8. The Balaban J connectivity index is 1.95. The van der Waals surface area contributed by atoms with E-state index in [1.165, 1.54) is 0 Å². The van der Waals surface area contributed by atoms with E-state index in [0.29, 0.717) is 6.04 Å². The van der Waals surface area contributed by atoms with E-state index in [9.17, 15) is 8.78 Å². The van der Waals surface area contributed by atoms with Gasteiger partial charge in [-0.3, -0.25) is 0 Å². The summed E-state index contributed by atoms with van der Waals surface area (Å²) < 4.78 is 23.2. The quantitative estimate of drug-likeness (QED) is 0.643. The Morgan fingerprint density at radius 1 is 1.50 bits per heavy atom. The molecule has 0 radical (unpaired) electrons. The normalized spacial score (nSPS) is 32.4. The second kappa shape index (κ2) is 3.28. The number of nitrogens with one attached hydrogen (secondary N) is 1. The first-order chi connectivity index (χ1) is 4.68. The van der Waals surface area contributed by atoms with Crippen LogP contribution in [0.4, 0.5) is 8.78 Å². The summed E-state index contributed by atoms with van der Waals surface area (Å²) in [6.07, 6.45) is -0.0738. The topological polar surface area (TPSA) is 12.0 Å². The SMILES string of the molecule is CC1CC(NCC(F)F)C1. The molecule has 0 aromatic carbocycles. The minimum absolute atomic E-state index is 0.141. The maximum Gasteiger partial charge on any atom is 0.250 e. The lowest BCUT2D eigenvalue weighted by Crippen LogP contribution is -2.42. The van der Waals surface area contributed by atoms with Crippen molar-refractivity contribution in [2.45, 2.75) is 32.2 Å². The summed E-state index contributed by atoms with van der Waals surface area (Å²) in [5.41, 5.74) is 0. The van der Waals surface area contributed by atoms with E-state index in [-0.39, 0.29) is 6.54 Å². The first kappa shape index (κ1) is 7.92. The van der Waals surface area contributed by atoms with Gasteiger partial charge < -0.3 is 5.32 Å². The Morgan fingerprint density at radius 2 is 2.10 bits per heavy atom. The van der Waals surface area contributed by atoms with Crippen LogP contribution in [-0.4, -0.2) is 19.0 Å². The number of alkyl halides is 2. The molecule has 1 aliphatic rings. The van der Waals surface area contributed by atoms with E-state index in [0.717, 1.165) is 18.8 Å². The van der Waals surface area contributed by atoms with E-state index in [4.69, 9.17) is 0 Å². The summed E-state index contributed by atoms with van der Waals surface area (Å²) in [6.45, 7) is 2.00. The Kier molecular flexibility index (Phi) is 2.60. The molecular weight excluding hydrogens is 136 g/mol. The van der Waals surface area contributed by atoms with Crippen LogP contribution in [0.5, 0.6) is 0 Å². The standard InChI is InChI=1S/C7H13F2N/c1-5-2-6(3-5)10-4-7(8)9/h5-7,10H,2-4H2,1H3. The van der Waals surface area contributed by atoms with E-state index in [1.807, 2.05) is 0 Å². The molecule has 0 heterocycles. The van der Waals surface area contributed by atoms with Crippen LogP contribution in [0.3, 0.4) is 0 Å². The summed E-state index contributed by atoms with van der Waals surface area (Å²) in [4.78, 5) is 0. The van der Waals surface area contributed by atoms with Crippen molar-refractivity contribution in [3.63, 3.8) is 0 Å². The third-order valence-electron chi connectivity index (χ3n) is 1.93. The third-order valence-corrected chi connectivity index (χ3v) is 1.93. The molecule has 0 bridgehead atoms. The predicted molar refractivity (Wildman–Crippen MR) is 36.2 cm³/mol. The summed E-state index contributed by atoms with van der Waals surface area (Å²) in [5, 5.41) is 2.80. The Hall–Kier alpha value is -0.180. The van der Waals surface area contributed by atoms with Gasteiger partial charge in [0.25, 0.3) is 6.43 Å². The average Bonchev–Trinajstić information content (AvgIpc) is 1.77. The summed E-state index contributed by atoms with van der Waals surface area (Å²) in [7, 11) is 0. The monoisotopic (exact) mass is 149 g/mol. The molecule has 0 aromatic rings. The molecule has 10 heavy (non-hydrogen) atoms. The molecule has 1 rings (SSSR count). The summed E-state index contributed by atoms with van der Waals surface area (Å²) in [5.74, 6) is 0.732. The highest BCUT2D eigenvalue weighted by molar-refractivity contribution is 4.82.